The van der Waals surface area contributed by atoms with E-state index in [1.54, 1.807) is 12.1 Å². The molecule has 1 N–H and O–H groups in total. The molecule has 4 nitrogen and oxygen atoms in total. The fourth-order valence-electron chi connectivity index (χ4n) is 2.42. The molecule has 6 heteroatoms. The Kier molecular flexibility index (Phi) is 5.53. The van der Waals surface area contributed by atoms with Crippen molar-refractivity contribution in [3.05, 3.63) is 81.8 Å². The van der Waals surface area contributed by atoms with Crippen LogP contribution in [0.4, 0.5) is 10.1 Å². The Morgan fingerprint density at radius 3 is 2.59 bits per heavy atom. The van der Waals surface area contributed by atoms with E-state index in [0.717, 1.165) is 15.6 Å². The van der Waals surface area contributed by atoms with Gasteiger partial charge in [0.15, 0.2) is 0 Å². The number of rotatable bonds is 4. The van der Waals surface area contributed by atoms with Gasteiger partial charge in [-0.25, -0.2) is 4.39 Å². The first kappa shape index (κ1) is 18.6. The number of halogens is 2. The smallest absolute Gasteiger partial charge is 0.266 e. The number of benzene rings is 2. The van der Waals surface area contributed by atoms with Crippen molar-refractivity contribution >= 4 is 33.6 Å². The number of nitriles is 1. The number of aryl methyl sites for hydroxylation is 1. The maximum Gasteiger partial charge on any atom is 0.266 e. The van der Waals surface area contributed by atoms with E-state index >= 15 is 0 Å². The van der Waals surface area contributed by atoms with Gasteiger partial charge in [-0.15, -0.1) is 0 Å². The highest BCUT2D eigenvalue weighted by Crippen LogP contribution is 2.31. The molecule has 0 unspecified atom stereocenters. The van der Waals surface area contributed by atoms with Crippen molar-refractivity contribution in [1.29, 1.82) is 5.26 Å². The third-order valence-corrected chi connectivity index (χ3v) is 4.43. The number of carbonyl (C=O) groups excluding carboxylic acids is 1. The molecule has 1 heterocycles. The van der Waals surface area contributed by atoms with Crippen LogP contribution in [0.25, 0.3) is 17.4 Å². The van der Waals surface area contributed by atoms with Gasteiger partial charge in [0.05, 0.1) is 0 Å². The third-order valence-electron chi connectivity index (χ3n) is 3.77. The molecule has 2 aromatic carbocycles. The second-order valence-electron chi connectivity index (χ2n) is 5.82. The van der Waals surface area contributed by atoms with Gasteiger partial charge in [0.1, 0.15) is 29.0 Å². The molecule has 1 aromatic heterocycles. The van der Waals surface area contributed by atoms with Crippen LogP contribution < -0.4 is 5.32 Å². The summed E-state index contributed by atoms with van der Waals surface area (Å²) in [6, 6.07) is 16.5. The Balaban J connectivity index is 1.82. The lowest BCUT2D eigenvalue weighted by Crippen LogP contribution is -2.13. The predicted octanol–water partition coefficient (Wildman–Crippen LogP) is 5.70. The average molecular weight is 425 g/mol. The molecule has 3 aromatic rings. The molecule has 0 saturated carbocycles. The molecule has 1 amide bonds. The molecule has 0 radical (unpaired) electrons. The Hall–Kier alpha value is -3.17. The van der Waals surface area contributed by atoms with Gasteiger partial charge in [0.25, 0.3) is 5.91 Å². The van der Waals surface area contributed by atoms with Crippen molar-refractivity contribution in [2.24, 2.45) is 0 Å². The van der Waals surface area contributed by atoms with E-state index in [2.05, 4.69) is 21.2 Å². The summed E-state index contributed by atoms with van der Waals surface area (Å²) < 4.78 is 19.6. The van der Waals surface area contributed by atoms with Gasteiger partial charge in [-0.05, 0) is 61.0 Å². The van der Waals surface area contributed by atoms with Gasteiger partial charge in [-0.2, -0.15) is 5.26 Å². The molecule has 0 aliphatic heterocycles. The van der Waals surface area contributed by atoms with E-state index in [-0.39, 0.29) is 5.57 Å². The number of hydrogen-bond acceptors (Lipinski definition) is 3. The van der Waals surface area contributed by atoms with Crippen molar-refractivity contribution in [2.75, 3.05) is 5.32 Å². The number of amides is 1. The van der Waals surface area contributed by atoms with Gasteiger partial charge in [-0.3, -0.25) is 4.79 Å². The van der Waals surface area contributed by atoms with Crippen molar-refractivity contribution in [3.8, 4) is 17.4 Å². The molecule has 0 atom stereocenters. The summed E-state index contributed by atoms with van der Waals surface area (Å²) >= 11 is 3.50. The Morgan fingerprint density at radius 2 is 1.93 bits per heavy atom. The van der Waals surface area contributed by atoms with Crippen molar-refractivity contribution in [2.45, 2.75) is 6.92 Å². The van der Waals surface area contributed by atoms with E-state index in [1.807, 2.05) is 31.2 Å². The number of hydrogen-bond donors (Lipinski definition) is 1. The van der Waals surface area contributed by atoms with Crippen LogP contribution in [0.1, 0.15) is 11.3 Å². The van der Waals surface area contributed by atoms with Crippen LogP contribution in [0.2, 0.25) is 0 Å². The molecular weight excluding hydrogens is 411 g/mol. The van der Waals surface area contributed by atoms with Gasteiger partial charge < -0.3 is 9.73 Å². The van der Waals surface area contributed by atoms with Gasteiger partial charge in [0.2, 0.25) is 0 Å². The molecule has 3 rings (SSSR count). The lowest BCUT2D eigenvalue weighted by molar-refractivity contribution is -0.112. The summed E-state index contributed by atoms with van der Waals surface area (Å²) in [6.45, 7) is 1.99. The summed E-state index contributed by atoms with van der Waals surface area (Å²) in [5.41, 5.74) is 2.26. The topological polar surface area (TPSA) is 66.0 Å². The van der Waals surface area contributed by atoms with Crippen LogP contribution in [0.15, 0.2) is 69.1 Å². The van der Waals surface area contributed by atoms with Gasteiger partial charge in [0, 0.05) is 21.8 Å². The van der Waals surface area contributed by atoms with Crippen LogP contribution in [0, 0.1) is 24.1 Å². The van der Waals surface area contributed by atoms with E-state index < -0.39 is 11.7 Å². The first-order valence-corrected chi connectivity index (χ1v) is 8.80. The Bertz CT molecular complexity index is 1060. The minimum absolute atomic E-state index is 0.122. The lowest BCUT2D eigenvalue weighted by Gasteiger charge is -2.04. The molecule has 27 heavy (non-hydrogen) atoms. The summed E-state index contributed by atoms with van der Waals surface area (Å²) in [5.74, 6) is -0.0133. The largest absolute Gasteiger partial charge is 0.457 e. The van der Waals surface area contributed by atoms with Gasteiger partial charge >= 0.3 is 0 Å². The van der Waals surface area contributed by atoms with Crippen LogP contribution in [0.3, 0.4) is 0 Å². The lowest BCUT2D eigenvalue weighted by atomic mass is 10.1. The molecule has 0 aliphatic rings. The molecule has 134 valence electrons. The van der Waals surface area contributed by atoms with E-state index in [9.17, 15) is 14.4 Å². The number of carbonyl (C=O) groups is 1. The van der Waals surface area contributed by atoms with Crippen molar-refractivity contribution < 1.29 is 13.6 Å². The standard InChI is InChI=1S/C21H14BrFN2O2/c1-13-2-8-18(19(22)10-13)20-9-7-17(27-20)11-14(12-24)21(26)25-16-5-3-15(23)4-6-16/h2-11H,1H3,(H,25,26). The number of anilines is 1. The van der Waals surface area contributed by atoms with Crippen LogP contribution in [0.5, 0.6) is 0 Å². The monoisotopic (exact) mass is 424 g/mol. The molecular formula is C21H14BrFN2O2. The van der Waals surface area contributed by atoms with Gasteiger partial charge in [-0.1, -0.05) is 22.0 Å². The van der Waals surface area contributed by atoms with E-state index in [0.29, 0.717) is 17.2 Å². The Morgan fingerprint density at radius 1 is 1.19 bits per heavy atom. The number of nitrogens with zero attached hydrogens (tertiary/aromatic N) is 1. The zero-order valence-corrected chi connectivity index (χ0v) is 15.9. The SMILES string of the molecule is Cc1ccc(-c2ccc(C=C(C#N)C(=O)Nc3ccc(F)cc3)o2)c(Br)c1. The minimum Gasteiger partial charge on any atom is -0.457 e. The van der Waals surface area contributed by atoms with E-state index in [1.165, 1.54) is 30.3 Å². The summed E-state index contributed by atoms with van der Waals surface area (Å²) in [7, 11) is 0. The zero-order valence-electron chi connectivity index (χ0n) is 14.3. The summed E-state index contributed by atoms with van der Waals surface area (Å²) in [5, 5.41) is 11.8. The average Bonchev–Trinajstić information content (AvgIpc) is 3.09. The van der Waals surface area contributed by atoms with Crippen molar-refractivity contribution in [3.63, 3.8) is 0 Å². The van der Waals surface area contributed by atoms with Crippen LogP contribution in [-0.4, -0.2) is 5.91 Å². The quantitative estimate of drug-likeness (QED) is 0.431. The highest BCUT2D eigenvalue weighted by molar-refractivity contribution is 9.10. The predicted molar refractivity (Wildman–Crippen MR) is 105 cm³/mol. The maximum atomic E-state index is 12.9. The minimum atomic E-state index is -0.599. The summed E-state index contributed by atoms with van der Waals surface area (Å²) in [4.78, 5) is 12.3. The first-order valence-electron chi connectivity index (χ1n) is 8.01. The molecule has 0 bridgehead atoms. The van der Waals surface area contributed by atoms with E-state index in [4.69, 9.17) is 4.42 Å². The number of nitrogens with one attached hydrogen (secondary N) is 1. The Labute approximate surface area is 164 Å². The fourth-order valence-corrected chi connectivity index (χ4v) is 3.11. The highest BCUT2D eigenvalue weighted by atomic mass is 79.9. The molecule has 0 fully saturated rings. The van der Waals surface area contributed by atoms with Crippen LogP contribution >= 0.6 is 15.9 Å². The molecule has 0 aliphatic carbocycles. The summed E-state index contributed by atoms with van der Waals surface area (Å²) in [6.07, 6.45) is 1.37. The molecule has 0 saturated heterocycles. The normalized spacial score (nSPS) is 11.1. The van der Waals surface area contributed by atoms with Crippen LogP contribution in [-0.2, 0) is 4.79 Å². The first-order chi connectivity index (χ1) is 13.0. The maximum absolute atomic E-state index is 12.9. The second kappa shape index (κ2) is 8.02. The van der Waals surface area contributed by atoms with Crippen molar-refractivity contribution in [1.82, 2.24) is 0 Å². The third kappa shape index (κ3) is 4.52. The fraction of sp³-hybridized carbons (Fsp3) is 0.0476. The molecule has 0 spiro atoms. The number of furan rings is 1. The second-order valence-corrected chi connectivity index (χ2v) is 6.67. The highest BCUT2D eigenvalue weighted by Gasteiger charge is 2.12. The zero-order chi connectivity index (χ0) is 19.4.